The molecule has 30 heavy (non-hydrogen) atoms. The number of nitrogens with zero attached hydrogens (tertiary/aromatic N) is 2. The van der Waals surface area contributed by atoms with Gasteiger partial charge in [0.15, 0.2) is 11.5 Å². The molecule has 2 fully saturated rings. The minimum atomic E-state index is -0.221. The van der Waals surface area contributed by atoms with Crippen LogP contribution >= 0.6 is 0 Å². The van der Waals surface area contributed by atoms with Gasteiger partial charge in [0, 0.05) is 31.7 Å². The summed E-state index contributed by atoms with van der Waals surface area (Å²) in [4.78, 5) is 18.1. The van der Waals surface area contributed by atoms with E-state index in [0.717, 1.165) is 63.2 Å². The Morgan fingerprint density at radius 3 is 2.57 bits per heavy atom. The molecule has 1 amide bonds. The molecule has 1 atom stereocenters. The predicted molar refractivity (Wildman–Crippen MR) is 118 cm³/mol. The van der Waals surface area contributed by atoms with Crippen molar-refractivity contribution < 1.29 is 14.3 Å². The van der Waals surface area contributed by atoms with Crippen LogP contribution in [0.1, 0.15) is 30.4 Å². The summed E-state index contributed by atoms with van der Waals surface area (Å²) in [5.41, 5.74) is 2.14. The van der Waals surface area contributed by atoms with Crippen molar-refractivity contribution in [3.63, 3.8) is 0 Å². The molecule has 2 aliphatic rings. The highest BCUT2D eigenvalue weighted by molar-refractivity contribution is 5.84. The second-order valence-corrected chi connectivity index (χ2v) is 8.52. The number of carbonyl (C=O) groups excluding carboxylic acids is 1. The number of benzene rings is 2. The molecule has 0 radical (unpaired) electrons. The van der Waals surface area contributed by atoms with Crippen molar-refractivity contribution in [2.75, 3.05) is 40.4 Å². The summed E-state index contributed by atoms with van der Waals surface area (Å²) >= 11 is 0. The molecule has 2 aliphatic heterocycles. The molecule has 0 aromatic heterocycles. The number of hydrogen-bond donors (Lipinski definition) is 0. The van der Waals surface area contributed by atoms with Crippen LogP contribution in [-0.2, 0) is 17.8 Å². The molecule has 2 aromatic carbocycles. The van der Waals surface area contributed by atoms with Gasteiger partial charge in [-0.05, 0) is 43.9 Å². The molecular weight excluding hydrogens is 376 g/mol. The largest absolute Gasteiger partial charge is 0.493 e. The van der Waals surface area contributed by atoms with Crippen LogP contribution in [0.5, 0.6) is 11.5 Å². The maximum atomic E-state index is 13.6. The van der Waals surface area contributed by atoms with Crippen molar-refractivity contribution in [2.45, 2.75) is 32.2 Å². The lowest BCUT2D eigenvalue weighted by atomic mass is 9.78. The van der Waals surface area contributed by atoms with E-state index in [1.807, 2.05) is 23.1 Å². The Morgan fingerprint density at radius 1 is 0.967 bits per heavy atom. The maximum absolute atomic E-state index is 13.6. The number of likely N-dealkylation sites (tertiary alicyclic amines) is 2. The number of methoxy groups -OCH3 is 2. The van der Waals surface area contributed by atoms with Gasteiger partial charge in [0.2, 0.25) is 5.91 Å². The van der Waals surface area contributed by atoms with Crippen molar-refractivity contribution in [2.24, 2.45) is 5.41 Å². The Bertz CT molecular complexity index is 870. The van der Waals surface area contributed by atoms with Gasteiger partial charge in [-0.15, -0.1) is 0 Å². The van der Waals surface area contributed by atoms with Crippen molar-refractivity contribution in [1.29, 1.82) is 0 Å². The summed E-state index contributed by atoms with van der Waals surface area (Å²) in [6, 6.07) is 16.5. The third-order valence-corrected chi connectivity index (χ3v) is 6.66. The summed E-state index contributed by atoms with van der Waals surface area (Å²) in [5, 5.41) is 0. The number of hydrogen-bond acceptors (Lipinski definition) is 4. The van der Waals surface area contributed by atoms with Crippen LogP contribution in [0.4, 0.5) is 0 Å². The Labute approximate surface area is 179 Å². The van der Waals surface area contributed by atoms with E-state index in [1.165, 1.54) is 5.56 Å². The Kier molecular flexibility index (Phi) is 6.28. The number of para-hydroxylation sites is 1. The van der Waals surface area contributed by atoms with Crippen molar-refractivity contribution >= 4 is 5.91 Å². The van der Waals surface area contributed by atoms with Crippen LogP contribution in [0.3, 0.4) is 0 Å². The van der Waals surface area contributed by atoms with E-state index in [2.05, 4.69) is 35.2 Å². The number of ether oxygens (including phenoxy) is 2. The lowest BCUT2D eigenvalue weighted by Crippen LogP contribution is -2.49. The molecule has 1 spiro atoms. The van der Waals surface area contributed by atoms with E-state index in [0.29, 0.717) is 18.2 Å². The first-order chi connectivity index (χ1) is 14.6. The van der Waals surface area contributed by atoms with Crippen LogP contribution in [0, 0.1) is 5.41 Å². The normalized spacial score (nSPS) is 21.9. The summed E-state index contributed by atoms with van der Waals surface area (Å²) in [7, 11) is 3.30. The number of piperidine rings is 1. The van der Waals surface area contributed by atoms with Gasteiger partial charge < -0.3 is 19.3 Å². The fraction of sp³-hybridized carbons (Fsp3) is 0.480. The molecule has 2 aromatic rings. The minimum absolute atomic E-state index is 0.221. The number of carbonyl (C=O) groups is 1. The van der Waals surface area contributed by atoms with Gasteiger partial charge in [0.1, 0.15) is 0 Å². The second kappa shape index (κ2) is 9.09. The average molecular weight is 409 g/mol. The van der Waals surface area contributed by atoms with Crippen LogP contribution in [0.25, 0.3) is 0 Å². The van der Waals surface area contributed by atoms with E-state index < -0.39 is 0 Å². The monoisotopic (exact) mass is 408 g/mol. The zero-order valence-electron chi connectivity index (χ0n) is 18.1. The SMILES string of the molecule is COc1cccc(CN2CCC[C@]3(CCN(CCc4ccccc4)C3)C2=O)c1OC. The summed E-state index contributed by atoms with van der Waals surface area (Å²) in [5.74, 6) is 1.74. The van der Waals surface area contributed by atoms with Gasteiger partial charge in [-0.25, -0.2) is 0 Å². The molecule has 4 rings (SSSR count). The topological polar surface area (TPSA) is 42.0 Å². The van der Waals surface area contributed by atoms with Crippen molar-refractivity contribution in [3.05, 3.63) is 59.7 Å². The van der Waals surface area contributed by atoms with Gasteiger partial charge in [-0.3, -0.25) is 4.79 Å². The highest BCUT2D eigenvalue weighted by Gasteiger charge is 2.48. The summed E-state index contributed by atoms with van der Waals surface area (Å²) < 4.78 is 11.0. The lowest BCUT2D eigenvalue weighted by Gasteiger charge is -2.39. The lowest BCUT2D eigenvalue weighted by molar-refractivity contribution is -0.146. The maximum Gasteiger partial charge on any atom is 0.230 e. The van der Waals surface area contributed by atoms with Gasteiger partial charge >= 0.3 is 0 Å². The van der Waals surface area contributed by atoms with E-state index in [-0.39, 0.29) is 5.41 Å². The molecule has 2 saturated heterocycles. The van der Waals surface area contributed by atoms with E-state index in [9.17, 15) is 4.79 Å². The smallest absolute Gasteiger partial charge is 0.230 e. The average Bonchev–Trinajstić information content (AvgIpc) is 3.20. The molecule has 0 saturated carbocycles. The highest BCUT2D eigenvalue weighted by Crippen LogP contribution is 2.41. The Balaban J connectivity index is 1.42. The second-order valence-electron chi connectivity index (χ2n) is 8.52. The molecule has 160 valence electrons. The zero-order chi connectivity index (χ0) is 21.0. The minimum Gasteiger partial charge on any atom is -0.493 e. The first-order valence-corrected chi connectivity index (χ1v) is 10.9. The van der Waals surface area contributed by atoms with Crippen molar-refractivity contribution in [1.82, 2.24) is 9.80 Å². The van der Waals surface area contributed by atoms with Crippen LogP contribution in [-0.4, -0.2) is 56.1 Å². The first-order valence-electron chi connectivity index (χ1n) is 10.9. The van der Waals surface area contributed by atoms with Crippen LogP contribution < -0.4 is 9.47 Å². The predicted octanol–water partition coefficient (Wildman–Crippen LogP) is 3.76. The van der Waals surface area contributed by atoms with Gasteiger partial charge in [0.25, 0.3) is 0 Å². The van der Waals surface area contributed by atoms with E-state index in [4.69, 9.17) is 9.47 Å². The Hall–Kier alpha value is -2.53. The van der Waals surface area contributed by atoms with Gasteiger partial charge in [0.05, 0.1) is 19.6 Å². The van der Waals surface area contributed by atoms with E-state index >= 15 is 0 Å². The summed E-state index contributed by atoms with van der Waals surface area (Å²) in [6.45, 7) is 4.29. The molecule has 0 bridgehead atoms. The van der Waals surface area contributed by atoms with Gasteiger partial charge in [-0.1, -0.05) is 42.5 Å². The summed E-state index contributed by atoms with van der Waals surface area (Å²) in [6.07, 6.45) is 4.06. The fourth-order valence-electron chi connectivity index (χ4n) is 5.05. The molecular formula is C25H32N2O3. The van der Waals surface area contributed by atoms with Gasteiger partial charge in [-0.2, -0.15) is 0 Å². The molecule has 0 N–H and O–H groups in total. The molecule has 5 nitrogen and oxygen atoms in total. The Morgan fingerprint density at radius 2 is 1.80 bits per heavy atom. The van der Waals surface area contributed by atoms with Crippen LogP contribution in [0.2, 0.25) is 0 Å². The van der Waals surface area contributed by atoms with Crippen molar-refractivity contribution in [3.8, 4) is 11.5 Å². The molecule has 2 heterocycles. The molecule has 5 heteroatoms. The number of rotatable bonds is 7. The quantitative estimate of drug-likeness (QED) is 0.700. The first kappa shape index (κ1) is 20.7. The third kappa shape index (κ3) is 4.17. The van der Waals surface area contributed by atoms with E-state index in [1.54, 1.807) is 14.2 Å². The highest BCUT2D eigenvalue weighted by atomic mass is 16.5. The zero-order valence-corrected chi connectivity index (χ0v) is 18.1. The third-order valence-electron chi connectivity index (χ3n) is 6.66. The fourth-order valence-corrected chi connectivity index (χ4v) is 5.05. The number of amides is 1. The molecule has 0 aliphatic carbocycles. The molecule has 0 unspecified atom stereocenters. The van der Waals surface area contributed by atoms with Crippen LogP contribution in [0.15, 0.2) is 48.5 Å². The standard InChI is InChI=1S/C25H32N2O3/c1-29-22-11-6-10-21(23(22)30-2)18-27-15-7-13-25(24(27)28)14-17-26(19-25)16-12-20-8-4-3-5-9-20/h3-6,8-11H,7,12-19H2,1-2H3/t25-/m1/s1.